The Morgan fingerprint density at radius 3 is 2.67 bits per heavy atom. The fourth-order valence-corrected chi connectivity index (χ4v) is 2.43. The van der Waals surface area contributed by atoms with Crippen molar-refractivity contribution in [3.8, 4) is 17.1 Å². The standard InChI is InChI=1S/C18H19N3O3/c22-17(21-23)7-3-4-12-24-14-10-8-13(9-11-14)18-19-15-5-1-2-6-16(15)20-18/h1-2,5-6,8-11,23H,3-4,7,12H2,(H,19,20)(H,21,22). The predicted molar refractivity (Wildman–Crippen MR) is 90.8 cm³/mol. The predicted octanol–water partition coefficient (Wildman–Crippen LogP) is 3.28. The zero-order valence-electron chi connectivity index (χ0n) is 13.2. The van der Waals surface area contributed by atoms with Gasteiger partial charge in [-0.3, -0.25) is 10.0 Å². The normalized spacial score (nSPS) is 10.7. The summed E-state index contributed by atoms with van der Waals surface area (Å²) in [5.41, 5.74) is 4.57. The first-order valence-electron chi connectivity index (χ1n) is 7.87. The number of rotatable bonds is 7. The average Bonchev–Trinajstić information content (AvgIpc) is 3.06. The summed E-state index contributed by atoms with van der Waals surface area (Å²) >= 11 is 0. The van der Waals surface area contributed by atoms with Crippen molar-refractivity contribution in [2.45, 2.75) is 19.3 Å². The third kappa shape index (κ3) is 3.91. The summed E-state index contributed by atoms with van der Waals surface area (Å²) in [4.78, 5) is 18.7. The molecule has 0 fully saturated rings. The van der Waals surface area contributed by atoms with Crippen molar-refractivity contribution in [1.29, 1.82) is 0 Å². The van der Waals surface area contributed by atoms with E-state index in [9.17, 15) is 4.79 Å². The molecule has 6 heteroatoms. The van der Waals surface area contributed by atoms with Gasteiger partial charge in [-0.05, 0) is 49.2 Å². The Morgan fingerprint density at radius 2 is 1.92 bits per heavy atom. The first-order valence-corrected chi connectivity index (χ1v) is 7.87. The Kier molecular flexibility index (Phi) is 5.08. The van der Waals surface area contributed by atoms with Crippen molar-refractivity contribution < 1.29 is 14.7 Å². The third-order valence-electron chi connectivity index (χ3n) is 3.71. The molecule has 24 heavy (non-hydrogen) atoms. The molecule has 0 aliphatic carbocycles. The van der Waals surface area contributed by atoms with Crippen LogP contribution in [0.4, 0.5) is 0 Å². The van der Waals surface area contributed by atoms with Gasteiger partial charge in [0.2, 0.25) is 5.91 Å². The van der Waals surface area contributed by atoms with Crippen LogP contribution in [0.1, 0.15) is 19.3 Å². The maximum atomic E-state index is 10.9. The summed E-state index contributed by atoms with van der Waals surface area (Å²) < 4.78 is 5.65. The number of carbonyl (C=O) groups is 1. The van der Waals surface area contributed by atoms with Gasteiger partial charge in [0.15, 0.2) is 0 Å². The molecule has 0 bridgehead atoms. The van der Waals surface area contributed by atoms with Gasteiger partial charge in [-0.1, -0.05) is 12.1 Å². The van der Waals surface area contributed by atoms with Crippen LogP contribution in [-0.2, 0) is 4.79 Å². The third-order valence-corrected chi connectivity index (χ3v) is 3.71. The fourth-order valence-electron chi connectivity index (χ4n) is 2.43. The molecule has 0 saturated carbocycles. The summed E-state index contributed by atoms with van der Waals surface area (Å²) in [5, 5.41) is 8.40. The minimum Gasteiger partial charge on any atom is -0.494 e. The molecule has 6 nitrogen and oxygen atoms in total. The van der Waals surface area contributed by atoms with Crippen LogP contribution in [0.3, 0.4) is 0 Å². The van der Waals surface area contributed by atoms with Crippen LogP contribution in [0.5, 0.6) is 5.75 Å². The van der Waals surface area contributed by atoms with E-state index in [2.05, 4.69) is 9.97 Å². The fraction of sp³-hybridized carbons (Fsp3) is 0.222. The minimum absolute atomic E-state index is 0.296. The highest BCUT2D eigenvalue weighted by atomic mass is 16.5. The molecule has 0 spiro atoms. The monoisotopic (exact) mass is 325 g/mol. The maximum Gasteiger partial charge on any atom is 0.243 e. The number of carbonyl (C=O) groups excluding carboxylic acids is 1. The number of hydrogen-bond acceptors (Lipinski definition) is 4. The van der Waals surface area contributed by atoms with Gasteiger partial charge in [-0.15, -0.1) is 0 Å². The Hall–Kier alpha value is -2.86. The van der Waals surface area contributed by atoms with Crippen molar-refractivity contribution in [2.75, 3.05) is 6.61 Å². The zero-order chi connectivity index (χ0) is 16.8. The van der Waals surface area contributed by atoms with Gasteiger partial charge in [-0.25, -0.2) is 10.5 Å². The van der Waals surface area contributed by atoms with Crippen LogP contribution in [-0.4, -0.2) is 27.7 Å². The lowest BCUT2D eigenvalue weighted by Crippen LogP contribution is -2.18. The number of aromatic nitrogens is 2. The van der Waals surface area contributed by atoms with E-state index in [4.69, 9.17) is 9.94 Å². The second-order valence-corrected chi connectivity index (χ2v) is 5.47. The largest absolute Gasteiger partial charge is 0.494 e. The lowest BCUT2D eigenvalue weighted by Gasteiger charge is -2.06. The number of ether oxygens (including phenoxy) is 1. The number of H-pyrrole nitrogens is 1. The number of fused-ring (bicyclic) bond motifs is 1. The molecule has 1 amide bonds. The highest BCUT2D eigenvalue weighted by molar-refractivity contribution is 5.79. The molecule has 1 heterocycles. The number of nitrogens with zero attached hydrogens (tertiary/aromatic N) is 1. The van der Waals surface area contributed by atoms with Gasteiger partial charge in [0.1, 0.15) is 11.6 Å². The van der Waals surface area contributed by atoms with Crippen LogP contribution >= 0.6 is 0 Å². The quantitative estimate of drug-likeness (QED) is 0.353. The van der Waals surface area contributed by atoms with E-state index in [1.165, 1.54) is 0 Å². The molecule has 3 N–H and O–H groups in total. The number of hydroxylamine groups is 1. The topological polar surface area (TPSA) is 87.2 Å². The number of aromatic amines is 1. The Bertz CT molecular complexity index is 779. The van der Waals surface area contributed by atoms with Crippen LogP contribution in [0.15, 0.2) is 48.5 Å². The summed E-state index contributed by atoms with van der Waals surface area (Å²) in [7, 11) is 0. The molecule has 0 aliphatic rings. The SMILES string of the molecule is O=C(CCCCOc1ccc(-c2nc3ccccc3[nH]2)cc1)NO. The van der Waals surface area contributed by atoms with E-state index in [0.29, 0.717) is 19.4 Å². The molecule has 0 unspecified atom stereocenters. The van der Waals surface area contributed by atoms with Gasteiger partial charge in [-0.2, -0.15) is 0 Å². The molecular formula is C18H19N3O3. The second kappa shape index (κ2) is 7.61. The lowest BCUT2D eigenvalue weighted by molar-refractivity contribution is -0.129. The van der Waals surface area contributed by atoms with Crippen LogP contribution in [0.25, 0.3) is 22.4 Å². The van der Waals surface area contributed by atoms with E-state index in [1.807, 2.05) is 48.5 Å². The minimum atomic E-state index is -0.370. The summed E-state index contributed by atoms with van der Waals surface area (Å²) in [6, 6.07) is 15.7. The Labute approximate surface area is 139 Å². The number of amides is 1. The average molecular weight is 325 g/mol. The molecule has 0 radical (unpaired) electrons. The molecule has 124 valence electrons. The smallest absolute Gasteiger partial charge is 0.243 e. The lowest BCUT2D eigenvalue weighted by atomic mass is 10.2. The summed E-state index contributed by atoms with van der Waals surface area (Å²) in [6.07, 6.45) is 1.72. The highest BCUT2D eigenvalue weighted by Crippen LogP contribution is 2.22. The van der Waals surface area contributed by atoms with Crippen LogP contribution in [0.2, 0.25) is 0 Å². The van der Waals surface area contributed by atoms with Crippen molar-refractivity contribution >= 4 is 16.9 Å². The van der Waals surface area contributed by atoms with E-state index in [0.717, 1.165) is 34.6 Å². The number of para-hydroxylation sites is 2. The number of nitrogens with one attached hydrogen (secondary N) is 2. The summed E-state index contributed by atoms with van der Waals surface area (Å²) in [5.74, 6) is 1.24. The molecule has 1 aromatic heterocycles. The first kappa shape index (κ1) is 16.0. The zero-order valence-corrected chi connectivity index (χ0v) is 13.2. The number of imidazole rings is 1. The van der Waals surface area contributed by atoms with Gasteiger partial charge in [0.05, 0.1) is 17.6 Å². The van der Waals surface area contributed by atoms with E-state index in [1.54, 1.807) is 5.48 Å². The van der Waals surface area contributed by atoms with Gasteiger partial charge < -0.3 is 9.72 Å². The molecular weight excluding hydrogens is 306 g/mol. The van der Waals surface area contributed by atoms with Crippen LogP contribution < -0.4 is 10.2 Å². The first-order chi connectivity index (χ1) is 11.8. The van der Waals surface area contributed by atoms with Crippen molar-refractivity contribution in [1.82, 2.24) is 15.4 Å². The van der Waals surface area contributed by atoms with Crippen LogP contribution in [0, 0.1) is 0 Å². The summed E-state index contributed by atoms with van der Waals surface area (Å²) in [6.45, 7) is 0.530. The molecule has 2 aromatic carbocycles. The van der Waals surface area contributed by atoms with E-state index in [-0.39, 0.29) is 5.91 Å². The second-order valence-electron chi connectivity index (χ2n) is 5.47. The molecule has 0 aliphatic heterocycles. The van der Waals surface area contributed by atoms with Gasteiger partial charge in [0, 0.05) is 12.0 Å². The highest BCUT2D eigenvalue weighted by Gasteiger charge is 2.05. The van der Waals surface area contributed by atoms with E-state index < -0.39 is 0 Å². The molecule has 3 aromatic rings. The number of unbranched alkanes of at least 4 members (excludes halogenated alkanes) is 1. The van der Waals surface area contributed by atoms with Crippen molar-refractivity contribution in [3.63, 3.8) is 0 Å². The molecule has 0 saturated heterocycles. The number of hydrogen-bond donors (Lipinski definition) is 3. The number of benzene rings is 2. The van der Waals surface area contributed by atoms with Crippen molar-refractivity contribution in [2.24, 2.45) is 0 Å². The Morgan fingerprint density at radius 1 is 1.12 bits per heavy atom. The Balaban J connectivity index is 1.54. The molecule has 0 atom stereocenters. The maximum absolute atomic E-state index is 10.9. The van der Waals surface area contributed by atoms with E-state index >= 15 is 0 Å². The van der Waals surface area contributed by atoms with Gasteiger partial charge in [0.25, 0.3) is 0 Å². The molecule has 3 rings (SSSR count). The van der Waals surface area contributed by atoms with Crippen molar-refractivity contribution in [3.05, 3.63) is 48.5 Å². The van der Waals surface area contributed by atoms with Gasteiger partial charge >= 0.3 is 0 Å².